The van der Waals surface area contributed by atoms with Crippen molar-refractivity contribution in [2.75, 3.05) is 0 Å². The van der Waals surface area contributed by atoms with Gasteiger partial charge in [0.2, 0.25) is 0 Å². The van der Waals surface area contributed by atoms with Crippen LogP contribution < -0.4 is 4.74 Å². The largest absolute Gasteiger partial charge is 0.428 e. The molecule has 0 aliphatic rings. The Hall–Kier alpha value is -2.61. The van der Waals surface area contributed by atoms with Crippen molar-refractivity contribution in [3.63, 3.8) is 0 Å². The number of aromatic nitrogens is 3. The third-order valence-corrected chi connectivity index (χ3v) is 3.54. The van der Waals surface area contributed by atoms with E-state index in [2.05, 4.69) is 15.2 Å². The molecule has 3 rings (SSSR count). The van der Waals surface area contributed by atoms with E-state index < -0.39 is 11.6 Å². The molecule has 3 aromatic rings. The van der Waals surface area contributed by atoms with Crippen LogP contribution in [0.15, 0.2) is 29.8 Å². The van der Waals surface area contributed by atoms with Gasteiger partial charge in [0, 0.05) is 30.1 Å². The zero-order valence-electron chi connectivity index (χ0n) is 11.3. The van der Waals surface area contributed by atoms with Gasteiger partial charge in [-0.1, -0.05) is 11.3 Å². The topological polar surface area (TPSA) is 67.9 Å². The minimum absolute atomic E-state index is 0.124. The molecule has 1 aromatic carbocycles. The third kappa shape index (κ3) is 2.73. The van der Waals surface area contributed by atoms with E-state index in [0.29, 0.717) is 11.3 Å². The summed E-state index contributed by atoms with van der Waals surface area (Å²) in [4.78, 5) is 15.6. The lowest BCUT2D eigenvalue weighted by Crippen LogP contribution is -1.95. The number of aromatic amines is 1. The molecule has 5 nitrogen and oxygen atoms in total. The van der Waals surface area contributed by atoms with Gasteiger partial charge < -0.3 is 4.74 Å². The summed E-state index contributed by atoms with van der Waals surface area (Å²) in [6, 6.07) is 3.01. The number of ether oxygens (including phenoxy) is 1. The van der Waals surface area contributed by atoms with Gasteiger partial charge in [-0.3, -0.25) is 9.89 Å². The van der Waals surface area contributed by atoms with Crippen LogP contribution >= 0.6 is 11.3 Å². The highest BCUT2D eigenvalue weighted by Gasteiger charge is 2.16. The van der Waals surface area contributed by atoms with Crippen LogP contribution in [-0.4, -0.2) is 21.0 Å². The Bertz CT molecular complexity index is 844. The molecule has 0 aliphatic heterocycles. The lowest BCUT2D eigenvalue weighted by molar-refractivity contribution is 0.101. The summed E-state index contributed by atoms with van der Waals surface area (Å²) >= 11 is 1.13. The van der Waals surface area contributed by atoms with Crippen LogP contribution in [0.1, 0.15) is 17.4 Å². The number of hydrogen-bond donors (Lipinski definition) is 1. The van der Waals surface area contributed by atoms with Crippen molar-refractivity contribution in [2.24, 2.45) is 0 Å². The van der Waals surface area contributed by atoms with Gasteiger partial charge in [0.05, 0.1) is 5.69 Å². The number of thiazole rings is 1. The Morgan fingerprint density at radius 1 is 1.36 bits per heavy atom. The molecule has 0 unspecified atom stereocenters. The van der Waals surface area contributed by atoms with Crippen LogP contribution in [0.3, 0.4) is 0 Å². The first-order chi connectivity index (χ1) is 10.5. The fourth-order valence-electron chi connectivity index (χ4n) is 1.83. The predicted molar refractivity (Wildman–Crippen MR) is 76.1 cm³/mol. The lowest BCUT2D eigenvalue weighted by atomic mass is 10.1. The maximum absolute atomic E-state index is 13.5. The van der Waals surface area contributed by atoms with E-state index in [-0.39, 0.29) is 22.4 Å². The molecule has 0 bridgehead atoms. The average molecular weight is 321 g/mol. The highest BCUT2D eigenvalue weighted by molar-refractivity contribution is 7.11. The smallest absolute Gasteiger partial charge is 0.279 e. The number of carbonyl (C=O) groups is 1. The SMILES string of the molecule is CC(=O)c1n[nH]cc1-c1csc(Oc2ccc(F)cc2F)n1. The molecule has 0 atom stereocenters. The molecule has 2 aromatic heterocycles. The Morgan fingerprint density at radius 2 is 2.18 bits per heavy atom. The molecule has 0 spiro atoms. The minimum atomic E-state index is -0.815. The summed E-state index contributed by atoms with van der Waals surface area (Å²) in [6.07, 6.45) is 1.55. The average Bonchev–Trinajstić information content (AvgIpc) is 3.10. The van der Waals surface area contributed by atoms with Crippen LogP contribution in [-0.2, 0) is 0 Å². The Balaban J connectivity index is 1.88. The van der Waals surface area contributed by atoms with Crippen LogP contribution in [0.4, 0.5) is 8.78 Å². The molecule has 2 heterocycles. The van der Waals surface area contributed by atoms with Crippen molar-refractivity contribution in [1.29, 1.82) is 0 Å². The van der Waals surface area contributed by atoms with E-state index in [1.54, 1.807) is 11.6 Å². The summed E-state index contributed by atoms with van der Waals surface area (Å²) in [7, 11) is 0. The molecule has 112 valence electrons. The van der Waals surface area contributed by atoms with Crippen LogP contribution in [0, 0.1) is 11.6 Å². The van der Waals surface area contributed by atoms with Gasteiger partial charge in [-0.2, -0.15) is 5.10 Å². The van der Waals surface area contributed by atoms with Crippen LogP contribution in [0.2, 0.25) is 0 Å². The number of ketones is 1. The van der Waals surface area contributed by atoms with Crippen molar-refractivity contribution in [3.8, 4) is 22.2 Å². The molecule has 0 saturated carbocycles. The van der Waals surface area contributed by atoms with Crippen molar-refractivity contribution in [3.05, 3.63) is 47.1 Å². The van der Waals surface area contributed by atoms with Crippen molar-refractivity contribution in [2.45, 2.75) is 6.92 Å². The number of H-pyrrole nitrogens is 1. The highest BCUT2D eigenvalue weighted by atomic mass is 32.1. The molecule has 0 radical (unpaired) electrons. The van der Waals surface area contributed by atoms with Crippen LogP contribution in [0.25, 0.3) is 11.3 Å². The van der Waals surface area contributed by atoms with Gasteiger partial charge in [-0.05, 0) is 12.1 Å². The molecule has 1 N–H and O–H groups in total. The van der Waals surface area contributed by atoms with E-state index in [1.165, 1.54) is 13.0 Å². The minimum Gasteiger partial charge on any atom is -0.428 e. The standard InChI is InChI=1S/C14H9F2N3O2S/c1-7(20)13-9(5-17-19-13)11-6-22-14(18-11)21-12-3-2-8(15)4-10(12)16/h2-6H,1H3,(H,17,19). The number of hydrogen-bond acceptors (Lipinski definition) is 5. The van der Waals surface area contributed by atoms with Gasteiger partial charge in [0.1, 0.15) is 11.5 Å². The fraction of sp³-hybridized carbons (Fsp3) is 0.0714. The molecule has 0 aliphatic carbocycles. The van der Waals surface area contributed by atoms with Gasteiger partial charge in [0.15, 0.2) is 17.3 Å². The normalized spacial score (nSPS) is 10.7. The second kappa shape index (κ2) is 5.64. The molecular formula is C14H9F2N3O2S. The molecule has 0 amide bonds. The molecule has 0 saturated heterocycles. The Morgan fingerprint density at radius 3 is 2.91 bits per heavy atom. The molecule has 0 fully saturated rings. The Labute approximate surface area is 127 Å². The lowest BCUT2D eigenvalue weighted by Gasteiger charge is -2.02. The summed E-state index contributed by atoms with van der Waals surface area (Å²) in [5.74, 6) is -1.82. The summed E-state index contributed by atoms with van der Waals surface area (Å²) in [5.41, 5.74) is 1.30. The second-order valence-corrected chi connectivity index (χ2v) is 5.20. The van der Waals surface area contributed by atoms with E-state index in [1.807, 2.05) is 0 Å². The van der Waals surface area contributed by atoms with Crippen molar-refractivity contribution in [1.82, 2.24) is 15.2 Å². The second-order valence-electron chi connectivity index (χ2n) is 4.38. The van der Waals surface area contributed by atoms with E-state index in [0.717, 1.165) is 23.5 Å². The van der Waals surface area contributed by atoms with E-state index in [9.17, 15) is 13.6 Å². The molecular weight excluding hydrogens is 312 g/mol. The van der Waals surface area contributed by atoms with Crippen LogP contribution in [0.5, 0.6) is 10.9 Å². The first-order valence-corrected chi connectivity index (χ1v) is 7.06. The highest BCUT2D eigenvalue weighted by Crippen LogP contribution is 2.32. The summed E-state index contributed by atoms with van der Waals surface area (Å²) < 4.78 is 31.7. The van der Waals surface area contributed by atoms with Gasteiger partial charge in [-0.15, -0.1) is 0 Å². The number of Topliss-reactive ketones (excluding diaryl/α,β-unsaturated/α-hetero) is 1. The zero-order valence-corrected chi connectivity index (χ0v) is 12.1. The molecule has 22 heavy (non-hydrogen) atoms. The first kappa shape index (κ1) is 14.3. The van der Waals surface area contributed by atoms with Crippen molar-refractivity contribution >= 4 is 17.1 Å². The first-order valence-electron chi connectivity index (χ1n) is 6.18. The zero-order chi connectivity index (χ0) is 15.7. The number of benzene rings is 1. The molecule has 8 heteroatoms. The number of rotatable bonds is 4. The van der Waals surface area contributed by atoms with E-state index in [4.69, 9.17) is 4.74 Å². The fourth-order valence-corrected chi connectivity index (χ4v) is 2.51. The van der Waals surface area contributed by atoms with Crippen molar-refractivity contribution < 1.29 is 18.3 Å². The number of nitrogens with one attached hydrogen (secondary N) is 1. The third-order valence-electron chi connectivity index (χ3n) is 2.82. The van der Waals surface area contributed by atoms with Gasteiger partial charge in [0.25, 0.3) is 5.19 Å². The predicted octanol–water partition coefficient (Wildman–Crippen LogP) is 3.81. The van der Waals surface area contributed by atoms with Gasteiger partial charge >= 0.3 is 0 Å². The number of halogens is 2. The number of nitrogens with zero attached hydrogens (tertiary/aromatic N) is 2. The quantitative estimate of drug-likeness (QED) is 0.742. The summed E-state index contributed by atoms with van der Waals surface area (Å²) in [6.45, 7) is 1.40. The van der Waals surface area contributed by atoms with Gasteiger partial charge in [-0.25, -0.2) is 13.8 Å². The maximum atomic E-state index is 13.5. The maximum Gasteiger partial charge on any atom is 0.279 e. The summed E-state index contributed by atoms with van der Waals surface area (Å²) in [5, 5.41) is 8.30. The number of carbonyl (C=O) groups excluding carboxylic acids is 1. The Kier molecular flexibility index (Phi) is 3.68. The monoisotopic (exact) mass is 321 g/mol. The van der Waals surface area contributed by atoms with E-state index >= 15 is 0 Å².